The monoisotopic (exact) mass is 414 g/mol. The highest BCUT2D eigenvalue weighted by Gasteiger charge is 2.13. The fourth-order valence-electron chi connectivity index (χ4n) is 2.31. The van der Waals surface area contributed by atoms with Crippen LogP contribution in [0.3, 0.4) is 0 Å². The molecule has 0 aliphatic carbocycles. The van der Waals surface area contributed by atoms with Gasteiger partial charge in [0.25, 0.3) is 11.8 Å². The first-order valence-electron chi connectivity index (χ1n) is 7.70. The lowest BCUT2D eigenvalue weighted by Gasteiger charge is -2.09. The zero-order valence-corrected chi connectivity index (χ0v) is 15.3. The summed E-state index contributed by atoms with van der Waals surface area (Å²) < 4.78 is 5.65. The Balaban J connectivity index is 1.74. The number of carbonyl (C=O) groups excluding carboxylic acids is 2. The maximum atomic E-state index is 12.4. The van der Waals surface area contributed by atoms with E-state index in [1.165, 1.54) is 12.1 Å². The molecular weight excluding hydrogens is 400 g/mol. The summed E-state index contributed by atoms with van der Waals surface area (Å²) in [4.78, 5) is 24.5. The number of halogens is 1. The Morgan fingerprint density at radius 3 is 2.50 bits per heavy atom. The van der Waals surface area contributed by atoms with Crippen LogP contribution in [-0.4, -0.2) is 16.9 Å². The Morgan fingerprint density at radius 2 is 1.81 bits per heavy atom. The van der Waals surface area contributed by atoms with Gasteiger partial charge in [-0.05, 0) is 70.9 Å². The van der Waals surface area contributed by atoms with E-state index < -0.39 is 11.8 Å². The molecule has 0 saturated carbocycles. The van der Waals surface area contributed by atoms with Gasteiger partial charge in [-0.15, -0.1) is 0 Å². The largest absolute Gasteiger partial charge is 0.506 e. The quantitative estimate of drug-likeness (QED) is 0.545. The molecule has 3 aromatic rings. The molecule has 0 bridgehead atoms. The molecule has 3 N–H and O–H groups in total. The molecule has 0 aliphatic heterocycles. The predicted octanol–water partition coefficient (Wildman–Crippen LogP) is 4.56. The summed E-state index contributed by atoms with van der Waals surface area (Å²) in [6.45, 7) is 1.84. The van der Waals surface area contributed by atoms with Crippen molar-refractivity contribution in [2.45, 2.75) is 6.92 Å². The first-order chi connectivity index (χ1) is 12.4. The zero-order valence-electron chi connectivity index (χ0n) is 13.7. The van der Waals surface area contributed by atoms with Gasteiger partial charge in [-0.25, -0.2) is 0 Å². The normalized spacial score (nSPS) is 10.4. The van der Waals surface area contributed by atoms with Crippen LogP contribution in [0.1, 0.15) is 26.5 Å². The van der Waals surface area contributed by atoms with Gasteiger partial charge < -0.3 is 20.2 Å². The third kappa shape index (κ3) is 4.12. The van der Waals surface area contributed by atoms with E-state index in [9.17, 15) is 14.7 Å². The number of carbonyl (C=O) groups is 2. The zero-order chi connectivity index (χ0) is 18.7. The second kappa shape index (κ2) is 7.45. The van der Waals surface area contributed by atoms with Crippen LogP contribution < -0.4 is 10.6 Å². The van der Waals surface area contributed by atoms with Gasteiger partial charge in [0.15, 0.2) is 10.4 Å². The summed E-state index contributed by atoms with van der Waals surface area (Å²) in [6.07, 6.45) is 0. The molecular formula is C19H15BrN2O4. The predicted molar refractivity (Wildman–Crippen MR) is 102 cm³/mol. The lowest BCUT2D eigenvalue weighted by atomic mass is 10.1. The van der Waals surface area contributed by atoms with E-state index in [1.807, 2.05) is 6.92 Å². The molecule has 6 nitrogen and oxygen atoms in total. The first-order valence-corrected chi connectivity index (χ1v) is 8.49. The molecule has 0 radical (unpaired) electrons. The highest BCUT2D eigenvalue weighted by Crippen LogP contribution is 2.25. The Labute approximate surface area is 158 Å². The molecule has 26 heavy (non-hydrogen) atoms. The van der Waals surface area contributed by atoms with Crippen LogP contribution in [0, 0.1) is 6.92 Å². The molecule has 0 unspecified atom stereocenters. The summed E-state index contributed by atoms with van der Waals surface area (Å²) in [5.74, 6) is -0.687. The van der Waals surface area contributed by atoms with E-state index in [0.717, 1.165) is 5.56 Å². The van der Waals surface area contributed by atoms with Gasteiger partial charge in [0.2, 0.25) is 0 Å². The number of phenols is 1. The third-order valence-corrected chi connectivity index (χ3v) is 4.01. The van der Waals surface area contributed by atoms with E-state index in [4.69, 9.17) is 4.42 Å². The third-order valence-electron chi connectivity index (χ3n) is 3.58. The van der Waals surface area contributed by atoms with E-state index in [1.54, 1.807) is 42.5 Å². The number of benzene rings is 2. The molecule has 0 saturated heterocycles. The number of aromatic hydroxyl groups is 1. The molecule has 1 heterocycles. The Kier molecular flexibility index (Phi) is 5.09. The number of nitrogens with one attached hydrogen (secondary N) is 2. The van der Waals surface area contributed by atoms with Crippen LogP contribution in [0.4, 0.5) is 11.4 Å². The average molecular weight is 415 g/mol. The summed E-state index contributed by atoms with van der Waals surface area (Å²) in [5, 5.41) is 15.2. The fourth-order valence-corrected chi connectivity index (χ4v) is 2.62. The second-order valence-corrected chi connectivity index (χ2v) is 6.39. The number of rotatable bonds is 4. The van der Waals surface area contributed by atoms with Crippen LogP contribution in [-0.2, 0) is 0 Å². The molecule has 7 heteroatoms. The van der Waals surface area contributed by atoms with Crippen LogP contribution in [0.15, 0.2) is 63.7 Å². The SMILES string of the molecule is Cc1ccc(NC(=O)c2cccc(NC(=O)c3ccc(Br)o3)c2)c(O)c1. The summed E-state index contributed by atoms with van der Waals surface area (Å²) >= 11 is 3.14. The van der Waals surface area contributed by atoms with Crippen molar-refractivity contribution in [3.63, 3.8) is 0 Å². The van der Waals surface area contributed by atoms with Crippen LogP contribution >= 0.6 is 15.9 Å². The van der Waals surface area contributed by atoms with Gasteiger partial charge in [-0.2, -0.15) is 0 Å². The summed E-state index contributed by atoms with van der Waals surface area (Å²) in [7, 11) is 0. The molecule has 1 aromatic heterocycles. The number of furan rings is 1. The highest BCUT2D eigenvalue weighted by molar-refractivity contribution is 9.10. The van der Waals surface area contributed by atoms with Crippen molar-refractivity contribution in [2.24, 2.45) is 0 Å². The molecule has 132 valence electrons. The van der Waals surface area contributed by atoms with Crippen LogP contribution in [0.2, 0.25) is 0 Å². The molecule has 3 rings (SSSR count). The van der Waals surface area contributed by atoms with Gasteiger partial charge in [-0.1, -0.05) is 12.1 Å². The van der Waals surface area contributed by atoms with E-state index >= 15 is 0 Å². The molecule has 2 amide bonds. The summed E-state index contributed by atoms with van der Waals surface area (Å²) in [6, 6.07) is 14.6. The van der Waals surface area contributed by atoms with Crippen molar-refractivity contribution in [1.82, 2.24) is 0 Å². The van der Waals surface area contributed by atoms with Gasteiger partial charge in [0, 0.05) is 11.3 Å². The minimum Gasteiger partial charge on any atom is -0.506 e. The van der Waals surface area contributed by atoms with Gasteiger partial charge in [-0.3, -0.25) is 9.59 Å². The molecule has 0 spiro atoms. The van der Waals surface area contributed by atoms with E-state index in [0.29, 0.717) is 21.6 Å². The summed E-state index contributed by atoms with van der Waals surface area (Å²) in [5.41, 5.74) is 1.98. The highest BCUT2D eigenvalue weighted by atomic mass is 79.9. The van der Waals surface area contributed by atoms with Crippen LogP contribution in [0.5, 0.6) is 5.75 Å². The number of hydrogen-bond acceptors (Lipinski definition) is 4. The standard InChI is InChI=1S/C19H15BrN2O4/c1-11-5-6-14(15(23)9-11)22-18(24)12-3-2-4-13(10-12)21-19(25)16-7-8-17(20)26-16/h2-10,23H,1H3,(H,21,25)(H,22,24). The Bertz CT molecular complexity index is 981. The molecule has 0 aliphatic rings. The van der Waals surface area contributed by atoms with Crippen molar-refractivity contribution in [2.75, 3.05) is 10.6 Å². The molecule has 2 aromatic carbocycles. The second-order valence-electron chi connectivity index (χ2n) is 5.61. The number of amides is 2. The van der Waals surface area contributed by atoms with Crippen molar-refractivity contribution >= 4 is 39.1 Å². The Hall–Kier alpha value is -3.06. The van der Waals surface area contributed by atoms with Gasteiger partial charge in [0.1, 0.15) is 5.75 Å². The lowest BCUT2D eigenvalue weighted by Crippen LogP contribution is -2.14. The van der Waals surface area contributed by atoms with Crippen molar-refractivity contribution < 1.29 is 19.1 Å². The van der Waals surface area contributed by atoms with E-state index in [2.05, 4.69) is 26.6 Å². The van der Waals surface area contributed by atoms with Crippen LogP contribution in [0.25, 0.3) is 0 Å². The minimum atomic E-state index is -0.426. The van der Waals surface area contributed by atoms with Crippen molar-refractivity contribution in [1.29, 1.82) is 0 Å². The Morgan fingerprint density at radius 1 is 1.00 bits per heavy atom. The average Bonchev–Trinajstić information content (AvgIpc) is 3.04. The number of aryl methyl sites for hydroxylation is 1. The maximum absolute atomic E-state index is 12.4. The minimum absolute atomic E-state index is 0.00814. The number of hydrogen-bond donors (Lipinski definition) is 3. The topological polar surface area (TPSA) is 91.6 Å². The first kappa shape index (κ1) is 17.8. The smallest absolute Gasteiger partial charge is 0.291 e. The lowest BCUT2D eigenvalue weighted by molar-refractivity contribution is 0.0992. The fraction of sp³-hybridized carbons (Fsp3) is 0.0526. The van der Waals surface area contributed by atoms with Gasteiger partial charge >= 0.3 is 0 Å². The maximum Gasteiger partial charge on any atom is 0.291 e. The molecule has 0 atom stereocenters. The number of anilines is 2. The van der Waals surface area contributed by atoms with Crippen molar-refractivity contribution in [3.05, 3.63) is 76.2 Å². The van der Waals surface area contributed by atoms with Gasteiger partial charge in [0.05, 0.1) is 5.69 Å². The molecule has 0 fully saturated rings. The van der Waals surface area contributed by atoms with Crippen molar-refractivity contribution in [3.8, 4) is 5.75 Å². The van der Waals surface area contributed by atoms with E-state index in [-0.39, 0.29) is 11.5 Å². The number of phenolic OH excluding ortho intramolecular Hbond substituents is 1.